The molecule has 0 aliphatic carbocycles. The second-order valence-electron chi connectivity index (χ2n) is 6.73. The Hall–Kier alpha value is -1.59. The van der Waals surface area contributed by atoms with E-state index in [2.05, 4.69) is 71.9 Å². The third-order valence-electron chi connectivity index (χ3n) is 4.43. The van der Waals surface area contributed by atoms with Crippen molar-refractivity contribution < 1.29 is 0 Å². The molecule has 0 amide bonds. The van der Waals surface area contributed by atoms with E-state index < -0.39 is 0 Å². The van der Waals surface area contributed by atoms with Crippen molar-refractivity contribution in [3.05, 3.63) is 30.1 Å². The largest absolute Gasteiger partial charge is 0.356 e. The van der Waals surface area contributed by atoms with Crippen LogP contribution in [0, 0.1) is 0 Å². The fourth-order valence-electron chi connectivity index (χ4n) is 3.07. The van der Waals surface area contributed by atoms with Crippen LogP contribution in [-0.4, -0.2) is 53.6 Å². The molecule has 5 heteroatoms. The predicted octanol–water partition coefficient (Wildman–Crippen LogP) is 1.97. The number of hydrogen-bond donors (Lipinski definition) is 1. The molecular weight excluding hydrogens is 274 g/mol. The summed E-state index contributed by atoms with van der Waals surface area (Å²) in [6.07, 6.45) is 3.39. The van der Waals surface area contributed by atoms with Crippen LogP contribution in [0.5, 0.6) is 0 Å². The molecule has 120 valence electrons. The zero-order valence-corrected chi connectivity index (χ0v) is 14.1. The number of anilines is 1. The van der Waals surface area contributed by atoms with Crippen molar-refractivity contribution in [2.75, 3.05) is 32.1 Å². The second kappa shape index (κ2) is 6.26. The minimum absolute atomic E-state index is 0.476. The van der Waals surface area contributed by atoms with Gasteiger partial charge >= 0.3 is 0 Å². The van der Waals surface area contributed by atoms with Crippen LogP contribution in [0.3, 0.4) is 0 Å². The van der Waals surface area contributed by atoms with E-state index in [-0.39, 0.29) is 0 Å². The van der Waals surface area contributed by atoms with Crippen LogP contribution in [0.25, 0.3) is 5.65 Å². The Labute approximate surface area is 132 Å². The van der Waals surface area contributed by atoms with Crippen molar-refractivity contribution in [3.8, 4) is 0 Å². The Balaban J connectivity index is 1.84. The summed E-state index contributed by atoms with van der Waals surface area (Å²) >= 11 is 0. The molecule has 5 nitrogen and oxygen atoms in total. The van der Waals surface area contributed by atoms with Gasteiger partial charge in [-0.1, -0.05) is 19.9 Å². The van der Waals surface area contributed by atoms with Crippen molar-refractivity contribution in [2.24, 2.45) is 0 Å². The summed E-state index contributed by atoms with van der Waals surface area (Å²) < 4.78 is 2.23. The standard InChI is InChI=1S/C17H27N5/c1-13(2)18-10-14-11-22-16(19-14)6-5-7-17(22)21-9-8-15(12-21)20(3)4/h5-7,11,13,15,18H,8-10,12H2,1-4H3. The maximum atomic E-state index is 4.73. The summed E-state index contributed by atoms with van der Waals surface area (Å²) in [6, 6.07) is 7.51. The zero-order valence-electron chi connectivity index (χ0n) is 14.1. The molecule has 1 saturated heterocycles. The van der Waals surface area contributed by atoms with Crippen LogP contribution in [-0.2, 0) is 6.54 Å². The van der Waals surface area contributed by atoms with Crippen LogP contribution < -0.4 is 10.2 Å². The summed E-state index contributed by atoms with van der Waals surface area (Å²) in [7, 11) is 4.34. The Bertz CT molecular complexity index is 631. The average molecular weight is 301 g/mol. The number of pyridine rings is 1. The maximum Gasteiger partial charge on any atom is 0.138 e. The van der Waals surface area contributed by atoms with E-state index in [4.69, 9.17) is 4.98 Å². The lowest BCUT2D eigenvalue weighted by molar-refractivity contribution is 0.315. The molecule has 1 aliphatic rings. The summed E-state index contributed by atoms with van der Waals surface area (Å²) in [5.74, 6) is 1.25. The van der Waals surface area contributed by atoms with E-state index in [9.17, 15) is 0 Å². The molecule has 1 fully saturated rings. The number of fused-ring (bicyclic) bond motifs is 1. The van der Waals surface area contributed by atoms with E-state index in [1.54, 1.807) is 0 Å². The minimum atomic E-state index is 0.476. The molecule has 1 unspecified atom stereocenters. The van der Waals surface area contributed by atoms with Crippen LogP contribution in [0.4, 0.5) is 5.82 Å². The molecular formula is C17H27N5. The molecule has 0 spiro atoms. The topological polar surface area (TPSA) is 35.8 Å². The van der Waals surface area contributed by atoms with Gasteiger partial charge < -0.3 is 15.1 Å². The molecule has 2 aromatic rings. The van der Waals surface area contributed by atoms with E-state index >= 15 is 0 Å². The van der Waals surface area contributed by atoms with E-state index in [1.807, 2.05) is 0 Å². The first-order chi connectivity index (χ1) is 10.5. The number of nitrogens with one attached hydrogen (secondary N) is 1. The van der Waals surface area contributed by atoms with Crippen LogP contribution >= 0.6 is 0 Å². The SMILES string of the molecule is CC(C)NCc1cn2c(N3CCC(N(C)C)C3)cccc2n1. The Morgan fingerprint density at radius 3 is 2.86 bits per heavy atom. The Morgan fingerprint density at radius 2 is 2.18 bits per heavy atom. The third-order valence-corrected chi connectivity index (χ3v) is 4.43. The van der Waals surface area contributed by atoms with Gasteiger partial charge in [-0.2, -0.15) is 0 Å². The highest BCUT2D eigenvalue weighted by Crippen LogP contribution is 2.23. The van der Waals surface area contributed by atoms with Gasteiger partial charge in [-0.25, -0.2) is 4.98 Å². The van der Waals surface area contributed by atoms with Gasteiger partial charge in [0, 0.05) is 37.9 Å². The fraction of sp³-hybridized carbons (Fsp3) is 0.588. The lowest BCUT2D eigenvalue weighted by Gasteiger charge is -2.22. The molecule has 3 rings (SSSR count). The Morgan fingerprint density at radius 1 is 1.36 bits per heavy atom. The van der Waals surface area contributed by atoms with E-state index in [1.165, 1.54) is 12.2 Å². The van der Waals surface area contributed by atoms with Crippen LogP contribution in [0.1, 0.15) is 26.0 Å². The Kier molecular flexibility index (Phi) is 4.36. The van der Waals surface area contributed by atoms with Crippen molar-refractivity contribution in [2.45, 2.75) is 38.9 Å². The molecule has 0 saturated carbocycles. The molecule has 0 bridgehead atoms. The maximum absolute atomic E-state index is 4.73. The molecule has 1 N–H and O–H groups in total. The number of hydrogen-bond acceptors (Lipinski definition) is 4. The number of imidazole rings is 1. The van der Waals surface area contributed by atoms with Crippen LogP contribution in [0.15, 0.2) is 24.4 Å². The van der Waals surface area contributed by atoms with Crippen molar-refractivity contribution >= 4 is 11.5 Å². The number of nitrogens with zero attached hydrogens (tertiary/aromatic N) is 4. The van der Waals surface area contributed by atoms with Gasteiger partial charge in [0.2, 0.25) is 0 Å². The van der Waals surface area contributed by atoms with Gasteiger partial charge in [0.25, 0.3) is 0 Å². The predicted molar refractivity (Wildman–Crippen MR) is 91.5 cm³/mol. The van der Waals surface area contributed by atoms with Crippen LogP contribution in [0.2, 0.25) is 0 Å². The van der Waals surface area contributed by atoms with Gasteiger partial charge in [-0.3, -0.25) is 4.40 Å². The number of rotatable bonds is 5. The summed E-state index contributed by atoms with van der Waals surface area (Å²) in [5, 5.41) is 3.44. The molecule has 3 heterocycles. The smallest absolute Gasteiger partial charge is 0.138 e. The minimum Gasteiger partial charge on any atom is -0.356 e. The van der Waals surface area contributed by atoms with Crippen molar-refractivity contribution in [1.29, 1.82) is 0 Å². The van der Waals surface area contributed by atoms with Crippen molar-refractivity contribution in [3.63, 3.8) is 0 Å². The number of likely N-dealkylation sites (N-methyl/N-ethyl adjacent to an activating group) is 1. The quantitative estimate of drug-likeness (QED) is 0.916. The van der Waals surface area contributed by atoms with Gasteiger partial charge in [0.05, 0.1) is 5.69 Å². The highest BCUT2D eigenvalue weighted by atomic mass is 15.3. The highest BCUT2D eigenvalue weighted by molar-refractivity contribution is 5.53. The van der Waals surface area contributed by atoms with E-state index in [0.29, 0.717) is 12.1 Å². The van der Waals surface area contributed by atoms with Gasteiger partial charge in [0.15, 0.2) is 0 Å². The van der Waals surface area contributed by atoms with E-state index in [0.717, 1.165) is 31.0 Å². The lowest BCUT2D eigenvalue weighted by atomic mass is 10.2. The molecule has 1 atom stereocenters. The molecule has 2 aromatic heterocycles. The first kappa shape index (κ1) is 15.3. The van der Waals surface area contributed by atoms with Gasteiger partial charge in [0.1, 0.15) is 11.5 Å². The number of aromatic nitrogens is 2. The molecule has 0 radical (unpaired) electrons. The molecule has 22 heavy (non-hydrogen) atoms. The lowest BCUT2D eigenvalue weighted by Crippen LogP contribution is -2.32. The van der Waals surface area contributed by atoms with Gasteiger partial charge in [-0.05, 0) is 32.6 Å². The molecule has 1 aliphatic heterocycles. The second-order valence-corrected chi connectivity index (χ2v) is 6.73. The highest BCUT2D eigenvalue weighted by Gasteiger charge is 2.25. The van der Waals surface area contributed by atoms with Crippen molar-refractivity contribution in [1.82, 2.24) is 19.6 Å². The first-order valence-corrected chi connectivity index (χ1v) is 8.16. The summed E-state index contributed by atoms with van der Waals surface area (Å²) in [6.45, 7) is 7.34. The zero-order chi connectivity index (χ0) is 15.7. The third kappa shape index (κ3) is 3.10. The fourth-order valence-corrected chi connectivity index (χ4v) is 3.07. The van der Waals surface area contributed by atoms with Gasteiger partial charge in [-0.15, -0.1) is 0 Å². The first-order valence-electron chi connectivity index (χ1n) is 8.16. The normalized spacial score (nSPS) is 19.0. The average Bonchev–Trinajstić information content (AvgIpc) is 3.11. The summed E-state index contributed by atoms with van der Waals surface area (Å²) in [5.41, 5.74) is 2.14. The monoisotopic (exact) mass is 301 g/mol. The molecule has 0 aromatic carbocycles. The summed E-state index contributed by atoms with van der Waals surface area (Å²) in [4.78, 5) is 9.53.